The zero-order chi connectivity index (χ0) is 12.3. The predicted molar refractivity (Wildman–Crippen MR) is 65.2 cm³/mol. The molecule has 1 aromatic carbocycles. The molecule has 0 atom stereocenters. The van der Waals surface area contributed by atoms with E-state index < -0.39 is 6.03 Å². The molecule has 0 saturated heterocycles. The van der Waals surface area contributed by atoms with Crippen molar-refractivity contribution < 1.29 is 9.53 Å². The molecule has 5 nitrogen and oxygen atoms in total. The number of amides is 2. The number of hydrogen-bond acceptors (Lipinski definition) is 3. The fourth-order valence-electron chi connectivity index (χ4n) is 2.01. The number of methoxy groups -OCH3 is 1. The van der Waals surface area contributed by atoms with Gasteiger partial charge in [0.25, 0.3) is 0 Å². The second-order valence-corrected chi connectivity index (χ2v) is 3.91. The SMILES string of the molecule is COc1ccc2c(c1)CCC/C2=N\NC(N)=O. The zero-order valence-electron chi connectivity index (χ0n) is 9.69. The minimum Gasteiger partial charge on any atom is -0.497 e. The Morgan fingerprint density at radius 2 is 2.29 bits per heavy atom. The molecule has 2 amide bonds. The second-order valence-electron chi connectivity index (χ2n) is 3.91. The van der Waals surface area contributed by atoms with E-state index in [2.05, 4.69) is 10.5 Å². The van der Waals surface area contributed by atoms with E-state index >= 15 is 0 Å². The van der Waals surface area contributed by atoms with Gasteiger partial charge in [0, 0.05) is 5.56 Å². The van der Waals surface area contributed by atoms with Crippen LogP contribution in [0.2, 0.25) is 0 Å². The molecule has 0 heterocycles. The summed E-state index contributed by atoms with van der Waals surface area (Å²) in [6.45, 7) is 0. The molecule has 5 heteroatoms. The van der Waals surface area contributed by atoms with Crippen LogP contribution in [0, 0.1) is 0 Å². The van der Waals surface area contributed by atoms with Crippen LogP contribution in [0.5, 0.6) is 5.75 Å². The quantitative estimate of drug-likeness (QED) is 0.757. The van der Waals surface area contributed by atoms with E-state index in [4.69, 9.17) is 10.5 Å². The van der Waals surface area contributed by atoms with E-state index in [1.807, 2.05) is 18.2 Å². The zero-order valence-corrected chi connectivity index (χ0v) is 9.69. The number of nitrogens with one attached hydrogen (secondary N) is 1. The van der Waals surface area contributed by atoms with Crippen molar-refractivity contribution in [1.82, 2.24) is 5.43 Å². The Morgan fingerprint density at radius 3 is 3.00 bits per heavy atom. The first kappa shape index (κ1) is 11.4. The number of carbonyl (C=O) groups is 1. The van der Waals surface area contributed by atoms with Crippen molar-refractivity contribution in [2.45, 2.75) is 19.3 Å². The van der Waals surface area contributed by atoms with Gasteiger partial charge in [0.15, 0.2) is 0 Å². The van der Waals surface area contributed by atoms with Crippen LogP contribution in [0.25, 0.3) is 0 Å². The lowest BCUT2D eigenvalue weighted by molar-refractivity contribution is 0.249. The molecule has 2 rings (SSSR count). The minimum atomic E-state index is -0.641. The summed E-state index contributed by atoms with van der Waals surface area (Å²) < 4.78 is 5.18. The Morgan fingerprint density at radius 1 is 1.47 bits per heavy atom. The van der Waals surface area contributed by atoms with E-state index in [1.54, 1.807) is 7.11 Å². The summed E-state index contributed by atoms with van der Waals surface area (Å²) in [5, 5.41) is 4.03. The average Bonchev–Trinajstić information content (AvgIpc) is 2.35. The molecular weight excluding hydrogens is 218 g/mol. The van der Waals surface area contributed by atoms with Gasteiger partial charge in [-0.15, -0.1) is 0 Å². The van der Waals surface area contributed by atoms with Gasteiger partial charge < -0.3 is 10.5 Å². The number of urea groups is 1. The van der Waals surface area contributed by atoms with Gasteiger partial charge in [0.05, 0.1) is 12.8 Å². The van der Waals surface area contributed by atoms with Crippen molar-refractivity contribution in [1.29, 1.82) is 0 Å². The Kier molecular flexibility index (Phi) is 3.27. The summed E-state index contributed by atoms with van der Waals surface area (Å²) in [4.78, 5) is 10.6. The van der Waals surface area contributed by atoms with E-state index in [9.17, 15) is 4.79 Å². The van der Waals surface area contributed by atoms with Crippen LogP contribution < -0.4 is 15.9 Å². The highest BCUT2D eigenvalue weighted by Gasteiger charge is 2.16. The summed E-state index contributed by atoms with van der Waals surface area (Å²) in [5.41, 5.74) is 10.4. The third kappa shape index (κ3) is 2.55. The van der Waals surface area contributed by atoms with Gasteiger partial charge in [-0.2, -0.15) is 5.10 Å². The first-order valence-corrected chi connectivity index (χ1v) is 5.50. The van der Waals surface area contributed by atoms with Gasteiger partial charge in [0.1, 0.15) is 5.75 Å². The van der Waals surface area contributed by atoms with Crippen LogP contribution in [0.3, 0.4) is 0 Å². The van der Waals surface area contributed by atoms with Gasteiger partial charge in [-0.05, 0) is 43.0 Å². The molecule has 0 fully saturated rings. The Hall–Kier alpha value is -2.04. The Balaban J connectivity index is 2.31. The monoisotopic (exact) mass is 233 g/mol. The van der Waals surface area contributed by atoms with Crippen LogP contribution in [0.4, 0.5) is 4.79 Å². The van der Waals surface area contributed by atoms with Crippen molar-refractivity contribution in [2.75, 3.05) is 7.11 Å². The molecule has 0 aromatic heterocycles. The molecule has 0 bridgehead atoms. The van der Waals surface area contributed by atoms with Gasteiger partial charge in [-0.3, -0.25) is 0 Å². The maximum Gasteiger partial charge on any atom is 0.332 e. The molecule has 0 aliphatic heterocycles. The van der Waals surface area contributed by atoms with Crippen molar-refractivity contribution in [2.24, 2.45) is 10.8 Å². The number of nitrogens with two attached hydrogens (primary N) is 1. The number of hydrazone groups is 1. The van der Waals surface area contributed by atoms with Crippen molar-refractivity contribution >= 4 is 11.7 Å². The third-order valence-electron chi connectivity index (χ3n) is 2.78. The van der Waals surface area contributed by atoms with E-state index in [1.165, 1.54) is 5.56 Å². The molecule has 0 radical (unpaired) electrons. The van der Waals surface area contributed by atoms with Crippen molar-refractivity contribution in [3.05, 3.63) is 29.3 Å². The lowest BCUT2D eigenvalue weighted by Gasteiger charge is -2.18. The number of aryl methyl sites for hydroxylation is 1. The third-order valence-corrected chi connectivity index (χ3v) is 2.78. The van der Waals surface area contributed by atoms with Gasteiger partial charge in [-0.1, -0.05) is 0 Å². The molecule has 3 N–H and O–H groups in total. The second kappa shape index (κ2) is 4.86. The summed E-state index contributed by atoms with van der Waals surface area (Å²) in [6, 6.07) is 5.23. The number of nitrogens with zero attached hydrogens (tertiary/aromatic N) is 1. The van der Waals surface area contributed by atoms with Gasteiger partial charge in [-0.25, -0.2) is 10.2 Å². The molecule has 1 aliphatic rings. The normalized spacial score (nSPS) is 16.4. The number of primary amides is 1. The number of ether oxygens (including phenoxy) is 1. The van der Waals surface area contributed by atoms with Gasteiger partial charge >= 0.3 is 6.03 Å². The molecule has 1 aliphatic carbocycles. The fraction of sp³-hybridized carbons (Fsp3) is 0.333. The largest absolute Gasteiger partial charge is 0.497 e. The lowest BCUT2D eigenvalue weighted by atomic mass is 9.90. The number of carbonyl (C=O) groups excluding carboxylic acids is 1. The first-order valence-electron chi connectivity index (χ1n) is 5.50. The van der Waals surface area contributed by atoms with Crippen molar-refractivity contribution in [3.63, 3.8) is 0 Å². The van der Waals surface area contributed by atoms with E-state index in [-0.39, 0.29) is 0 Å². The summed E-state index contributed by atoms with van der Waals surface area (Å²) >= 11 is 0. The van der Waals surface area contributed by atoms with Crippen molar-refractivity contribution in [3.8, 4) is 5.75 Å². The van der Waals surface area contributed by atoms with E-state index in [0.717, 1.165) is 36.3 Å². The number of hydrogen-bond donors (Lipinski definition) is 2. The molecule has 90 valence electrons. The molecule has 0 unspecified atom stereocenters. The van der Waals surface area contributed by atoms with E-state index in [0.29, 0.717) is 0 Å². The van der Waals surface area contributed by atoms with Crippen LogP contribution in [0.15, 0.2) is 23.3 Å². The maximum atomic E-state index is 10.6. The van der Waals surface area contributed by atoms with Crippen LogP contribution in [0.1, 0.15) is 24.0 Å². The molecule has 17 heavy (non-hydrogen) atoms. The molecule has 1 aromatic rings. The number of rotatable bonds is 2. The molecule has 0 spiro atoms. The standard InChI is InChI=1S/C12H15N3O2/c1-17-9-5-6-10-8(7-9)3-2-4-11(10)14-15-12(13)16/h5-7H,2-4H2,1H3,(H3,13,15,16)/b14-11+. The minimum absolute atomic E-state index is 0.641. The maximum absolute atomic E-state index is 10.6. The van der Waals surface area contributed by atoms with Crippen LogP contribution in [-0.4, -0.2) is 18.9 Å². The molecule has 0 saturated carbocycles. The topological polar surface area (TPSA) is 76.7 Å². The molecular formula is C12H15N3O2. The number of benzene rings is 1. The lowest BCUT2D eigenvalue weighted by Crippen LogP contribution is -2.27. The predicted octanol–water partition coefficient (Wildman–Crippen LogP) is 1.40. The first-order chi connectivity index (χ1) is 8.20. The Bertz CT molecular complexity index is 469. The highest BCUT2D eigenvalue weighted by molar-refractivity contribution is 6.03. The van der Waals surface area contributed by atoms with Crippen LogP contribution >= 0.6 is 0 Å². The smallest absolute Gasteiger partial charge is 0.332 e. The highest BCUT2D eigenvalue weighted by Crippen LogP contribution is 2.25. The average molecular weight is 233 g/mol. The Labute approximate surface area is 99.6 Å². The highest BCUT2D eigenvalue weighted by atomic mass is 16.5. The van der Waals surface area contributed by atoms with Crippen LogP contribution in [-0.2, 0) is 6.42 Å². The fourth-order valence-corrected chi connectivity index (χ4v) is 2.01. The summed E-state index contributed by atoms with van der Waals surface area (Å²) in [5.74, 6) is 0.841. The summed E-state index contributed by atoms with van der Waals surface area (Å²) in [6.07, 6.45) is 2.86. The van der Waals surface area contributed by atoms with Gasteiger partial charge in [0.2, 0.25) is 0 Å². The summed E-state index contributed by atoms with van der Waals surface area (Å²) in [7, 11) is 1.65. The number of fused-ring (bicyclic) bond motifs is 1.